The number of nitro groups is 1. The second-order valence-electron chi connectivity index (χ2n) is 9.23. The second-order valence-corrected chi connectivity index (χ2v) is 9.23. The van der Waals surface area contributed by atoms with E-state index in [2.05, 4.69) is 9.47 Å². The average molecular weight is 511 g/mol. The van der Waals surface area contributed by atoms with E-state index >= 15 is 0 Å². The van der Waals surface area contributed by atoms with E-state index in [4.69, 9.17) is 4.74 Å². The molecule has 2 heterocycles. The Kier molecular flexibility index (Phi) is 7.40. The number of nitro benzene ring substituents is 1. The van der Waals surface area contributed by atoms with Crippen molar-refractivity contribution in [3.05, 3.63) is 112 Å². The van der Waals surface area contributed by atoms with Gasteiger partial charge in [0.1, 0.15) is 18.1 Å². The number of piperazine rings is 1. The Hall–Kier alpha value is -4.59. The number of anilines is 1. The zero-order valence-electron chi connectivity index (χ0n) is 21.3. The Morgan fingerprint density at radius 2 is 1.71 bits per heavy atom. The highest BCUT2D eigenvalue weighted by Gasteiger charge is 2.26. The van der Waals surface area contributed by atoms with E-state index in [1.54, 1.807) is 12.1 Å². The van der Waals surface area contributed by atoms with E-state index in [0.717, 1.165) is 27.9 Å². The summed E-state index contributed by atoms with van der Waals surface area (Å²) < 4.78 is 8.24. The highest BCUT2D eigenvalue weighted by atomic mass is 16.6. The van der Waals surface area contributed by atoms with E-state index in [-0.39, 0.29) is 11.6 Å². The van der Waals surface area contributed by atoms with Gasteiger partial charge in [-0.25, -0.2) is 0 Å². The predicted octanol–water partition coefficient (Wildman–Crippen LogP) is 5.67. The monoisotopic (exact) mass is 510 g/mol. The van der Waals surface area contributed by atoms with Crippen LogP contribution < -0.4 is 9.64 Å². The number of hydrogen-bond acceptors (Lipinski definition) is 5. The molecule has 3 aromatic carbocycles. The number of carbonyl (C=O) groups excluding carboxylic acids is 1. The molecule has 1 amide bonds. The van der Waals surface area contributed by atoms with Crippen LogP contribution in [0.1, 0.15) is 23.0 Å². The second kappa shape index (κ2) is 11.2. The van der Waals surface area contributed by atoms with Crippen LogP contribution in [0, 0.1) is 10.1 Å². The van der Waals surface area contributed by atoms with E-state index in [0.29, 0.717) is 45.0 Å². The molecule has 1 saturated heterocycles. The lowest BCUT2D eigenvalue weighted by Crippen LogP contribution is -2.49. The summed E-state index contributed by atoms with van der Waals surface area (Å²) in [5, 5.41) is 11.9. The lowest BCUT2D eigenvalue weighted by atomic mass is 10.2. The fourth-order valence-corrected chi connectivity index (χ4v) is 4.82. The zero-order chi connectivity index (χ0) is 26.5. The number of benzene rings is 3. The van der Waals surface area contributed by atoms with Gasteiger partial charge in [0.2, 0.25) is 0 Å². The Labute approximate surface area is 221 Å². The molecule has 1 fully saturated rings. The molecule has 38 heavy (non-hydrogen) atoms. The third-order valence-electron chi connectivity index (χ3n) is 6.88. The molecule has 1 aliphatic heterocycles. The standard InChI is InChI=1S/C30H30N4O4/c1-2-3-16-33-27-10-7-11-29(38-22-23-8-5-4-6-9-23)26(27)21-28(33)30(35)32-19-17-31(18-20-32)24-12-14-25(15-13-24)34(36)37/h2-15,21H,16-20,22H2,1H3. The van der Waals surface area contributed by atoms with Gasteiger partial charge in [-0.3, -0.25) is 14.9 Å². The largest absolute Gasteiger partial charge is 0.488 e. The molecular formula is C30H30N4O4. The number of fused-ring (bicyclic) bond motifs is 1. The maximum atomic E-state index is 13.8. The van der Waals surface area contributed by atoms with Crippen molar-refractivity contribution in [3.63, 3.8) is 0 Å². The number of ether oxygens (including phenoxy) is 1. The molecule has 194 valence electrons. The predicted molar refractivity (Wildman–Crippen MR) is 149 cm³/mol. The first kappa shape index (κ1) is 25.1. The molecule has 5 rings (SSSR count). The smallest absolute Gasteiger partial charge is 0.270 e. The molecule has 8 nitrogen and oxygen atoms in total. The summed E-state index contributed by atoms with van der Waals surface area (Å²) in [5.41, 5.74) is 3.67. The van der Waals surface area contributed by atoms with Gasteiger partial charge in [0.15, 0.2) is 0 Å². The average Bonchev–Trinajstić information content (AvgIpc) is 3.34. The number of nitrogens with zero attached hydrogens (tertiary/aromatic N) is 4. The summed E-state index contributed by atoms with van der Waals surface area (Å²) in [4.78, 5) is 28.3. The van der Waals surface area contributed by atoms with Crippen molar-refractivity contribution >= 4 is 28.2 Å². The molecular weight excluding hydrogens is 480 g/mol. The van der Waals surface area contributed by atoms with Crippen molar-refractivity contribution in [1.29, 1.82) is 0 Å². The molecule has 0 saturated carbocycles. The highest BCUT2D eigenvalue weighted by Crippen LogP contribution is 2.31. The molecule has 0 unspecified atom stereocenters. The van der Waals surface area contributed by atoms with E-state index in [9.17, 15) is 14.9 Å². The highest BCUT2D eigenvalue weighted by molar-refractivity contribution is 6.00. The van der Waals surface area contributed by atoms with Crippen LogP contribution in [0.2, 0.25) is 0 Å². The molecule has 1 aliphatic rings. The number of rotatable bonds is 8. The van der Waals surface area contributed by atoms with Crippen LogP contribution in [0.15, 0.2) is 91.0 Å². The van der Waals surface area contributed by atoms with Crippen LogP contribution in [0.5, 0.6) is 5.75 Å². The number of carbonyl (C=O) groups is 1. The first-order valence-electron chi connectivity index (χ1n) is 12.7. The molecule has 0 atom stereocenters. The summed E-state index contributed by atoms with van der Waals surface area (Å²) in [7, 11) is 0. The van der Waals surface area contributed by atoms with Crippen molar-refractivity contribution in [2.24, 2.45) is 0 Å². The maximum absolute atomic E-state index is 13.8. The molecule has 0 spiro atoms. The first-order chi connectivity index (χ1) is 18.5. The number of aromatic nitrogens is 1. The first-order valence-corrected chi connectivity index (χ1v) is 12.7. The third-order valence-corrected chi connectivity index (χ3v) is 6.88. The minimum absolute atomic E-state index is 0.0111. The van der Waals surface area contributed by atoms with E-state index in [1.807, 2.05) is 78.6 Å². The fraction of sp³-hybridized carbons (Fsp3) is 0.233. The Morgan fingerprint density at radius 1 is 0.974 bits per heavy atom. The van der Waals surface area contributed by atoms with Gasteiger partial charge in [-0.2, -0.15) is 0 Å². The van der Waals surface area contributed by atoms with Crippen LogP contribution >= 0.6 is 0 Å². The van der Waals surface area contributed by atoms with Crippen LogP contribution in [0.4, 0.5) is 11.4 Å². The molecule has 1 aromatic heterocycles. The lowest BCUT2D eigenvalue weighted by molar-refractivity contribution is -0.384. The zero-order valence-corrected chi connectivity index (χ0v) is 21.3. The maximum Gasteiger partial charge on any atom is 0.270 e. The lowest BCUT2D eigenvalue weighted by Gasteiger charge is -2.36. The number of amides is 1. The van der Waals surface area contributed by atoms with Crippen molar-refractivity contribution in [1.82, 2.24) is 9.47 Å². The van der Waals surface area contributed by atoms with Gasteiger partial charge in [-0.15, -0.1) is 0 Å². The van der Waals surface area contributed by atoms with Crippen molar-refractivity contribution in [2.75, 3.05) is 31.1 Å². The fourth-order valence-electron chi connectivity index (χ4n) is 4.82. The summed E-state index contributed by atoms with van der Waals surface area (Å²) in [6.07, 6.45) is 4.03. The van der Waals surface area contributed by atoms with Crippen LogP contribution in [0.3, 0.4) is 0 Å². The molecule has 0 N–H and O–H groups in total. The normalized spacial score (nSPS) is 13.8. The summed E-state index contributed by atoms with van der Waals surface area (Å²) >= 11 is 0. The summed E-state index contributed by atoms with van der Waals surface area (Å²) in [5.74, 6) is 0.741. The van der Waals surface area contributed by atoms with Crippen molar-refractivity contribution in [3.8, 4) is 5.75 Å². The van der Waals surface area contributed by atoms with Crippen LogP contribution in [0.25, 0.3) is 10.9 Å². The van der Waals surface area contributed by atoms with Crippen LogP contribution in [-0.4, -0.2) is 46.5 Å². The number of allylic oxidation sites excluding steroid dienone is 2. The Morgan fingerprint density at radius 3 is 2.39 bits per heavy atom. The van der Waals surface area contributed by atoms with Gasteiger partial charge in [0.05, 0.1) is 10.4 Å². The molecule has 0 radical (unpaired) electrons. The van der Waals surface area contributed by atoms with Crippen molar-refractivity contribution < 1.29 is 14.5 Å². The van der Waals surface area contributed by atoms with E-state index in [1.165, 1.54) is 12.1 Å². The van der Waals surface area contributed by atoms with Gasteiger partial charge in [-0.05, 0) is 42.8 Å². The van der Waals surface area contributed by atoms with Gasteiger partial charge in [0.25, 0.3) is 11.6 Å². The Balaban J connectivity index is 1.36. The molecule has 0 bridgehead atoms. The van der Waals surface area contributed by atoms with Gasteiger partial charge >= 0.3 is 0 Å². The number of hydrogen-bond donors (Lipinski definition) is 0. The van der Waals surface area contributed by atoms with Crippen molar-refractivity contribution in [2.45, 2.75) is 20.1 Å². The quantitative estimate of drug-likeness (QED) is 0.173. The summed E-state index contributed by atoms with van der Waals surface area (Å²) in [6, 6.07) is 24.5. The number of non-ortho nitro benzene ring substituents is 1. The third kappa shape index (κ3) is 5.25. The molecule has 4 aromatic rings. The summed E-state index contributed by atoms with van der Waals surface area (Å²) in [6.45, 7) is 5.46. The molecule has 8 heteroatoms. The SMILES string of the molecule is CC=CCn1c(C(=O)N2CCN(c3ccc([N+](=O)[O-])cc3)CC2)cc2c(OCc3ccccc3)cccc21. The van der Waals surface area contributed by atoms with Gasteiger partial charge in [0, 0.05) is 55.9 Å². The topological polar surface area (TPSA) is 80.9 Å². The molecule has 0 aliphatic carbocycles. The van der Waals surface area contributed by atoms with E-state index < -0.39 is 4.92 Å². The Bertz CT molecular complexity index is 1450. The minimum Gasteiger partial charge on any atom is -0.488 e. The minimum atomic E-state index is -0.397. The van der Waals surface area contributed by atoms with Gasteiger partial charge < -0.3 is 19.1 Å². The van der Waals surface area contributed by atoms with Gasteiger partial charge in [-0.1, -0.05) is 48.6 Å². The van der Waals surface area contributed by atoms with Crippen LogP contribution in [-0.2, 0) is 13.2 Å².